The van der Waals surface area contributed by atoms with Crippen LogP contribution >= 0.6 is 15.9 Å². The van der Waals surface area contributed by atoms with Crippen LogP contribution < -0.4 is 31.1 Å². The molecular formula is C80H93BrN20O6. The second kappa shape index (κ2) is 29.1. The molecule has 0 saturated carbocycles. The van der Waals surface area contributed by atoms with Crippen molar-refractivity contribution in [1.82, 2.24) is 60.1 Å². The average molecular weight is 1510 g/mol. The standard InChI is InChI=1S/C30H37N7O3.C29H34BrN7O3.C21H22N6/c1-19-26(34-27-24(32-19)22(18-31)35-37(27)23-11-7-8-16-39-23)36-14-12-30(13-15-36)17-20-9-5-6-10-21(20)25(30)33-28(38)40-29(2,3)4;1-28(2,3)40-27(38)33-23-19-9-5-4-8-18(19)16-29(23)11-13-36(14-12-29)26-24(30)32-22-20(17-31)35-37(25(22)34-26)21-10-6-7-15-39-21;1-13-20(26-17-12-24-16(11-22)18(17)25-13)27-8-6-21(7-9-27)10-14-4-2-3-5-15(14)19(21)23/h5-6,9-10,23,25H,7-8,11-17H2,1-4H3,(H,33,38);4-5,8-9,21,23H,6-7,10-16H2,1-3H3,(H,33,38);2-5,19H,6-10,12,23H2,1H3/t23?,25-;21?,23-;19-/m111/s1. The van der Waals surface area contributed by atoms with E-state index in [-0.39, 0.29) is 70.4 Å². The number of ether oxygens (including phenoxy) is 4. The molecule has 3 aliphatic carbocycles. The zero-order valence-electron chi connectivity index (χ0n) is 62.3. The molecule has 4 N–H and O–H groups in total. The third-order valence-corrected chi connectivity index (χ3v) is 23.7. The number of aryl methyl sites for hydroxylation is 2. The SMILES string of the molecule is CC(C)(C)OC(=O)N[C@@H]1c2ccccc2CC12CCN(c1nc3c(nc1Br)c(C#N)nn3C1CCCCO1)CC2.Cc1nc2c(C#N)nn(C3CCCCO3)c2nc1N1CCC2(CC1)Cc1ccccc1[C@H]2NC(=O)OC(C)(C)C.Cc1nc2c(nc1N1CCC3(CC1)Cc1ccccc1[C@H]3N)CN=C2C#N. The van der Waals surface area contributed by atoms with E-state index in [2.05, 4.69) is 140 Å². The summed E-state index contributed by atoms with van der Waals surface area (Å²) in [6.45, 7) is 21.9. The summed E-state index contributed by atoms with van der Waals surface area (Å²) in [5.74, 6) is 2.48. The summed E-state index contributed by atoms with van der Waals surface area (Å²) in [4.78, 5) is 65.9. The third kappa shape index (κ3) is 14.2. The molecule has 3 aromatic carbocycles. The fraction of sp³-hybridized carbons (Fsp3) is 0.525. The van der Waals surface area contributed by atoms with Gasteiger partial charge in [-0.2, -0.15) is 26.0 Å². The minimum absolute atomic E-state index is 0.103. The third-order valence-electron chi connectivity index (χ3n) is 23.2. The van der Waals surface area contributed by atoms with Gasteiger partial charge in [0.05, 0.1) is 35.7 Å². The molecule has 0 bridgehead atoms. The first kappa shape index (κ1) is 72.8. The number of halogens is 1. The molecule has 11 heterocycles. The van der Waals surface area contributed by atoms with Crippen molar-refractivity contribution in [1.29, 1.82) is 15.8 Å². The molecule has 2 amide bonds. The Bertz CT molecular complexity index is 4680. The lowest BCUT2D eigenvalue weighted by Gasteiger charge is -2.44. The Balaban J connectivity index is 0.000000131. The molecule has 8 aromatic rings. The van der Waals surface area contributed by atoms with Crippen molar-refractivity contribution in [3.05, 3.63) is 145 Å². The molecule has 0 radical (unpaired) electrons. The number of fused-ring (bicyclic) bond motifs is 6. The summed E-state index contributed by atoms with van der Waals surface area (Å²) in [6.07, 6.45) is 13.1. The van der Waals surface area contributed by atoms with Crippen LogP contribution in [0.15, 0.2) is 82.4 Å². The zero-order chi connectivity index (χ0) is 74.7. The predicted molar refractivity (Wildman–Crippen MR) is 406 cm³/mol. The second-order valence-corrected chi connectivity index (χ2v) is 33.0. The number of alkyl carbamates (subject to hydrolysis) is 2. The molecule has 556 valence electrons. The van der Waals surface area contributed by atoms with Crippen molar-refractivity contribution >= 4 is 73.6 Å². The van der Waals surface area contributed by atoms with Crippen LogP contribution in [-0.4, -0.2) is 131 Å². The molecule has 17 rings (SSSR count). The van der Waals surface area contributed by atoms with Gasteiger partial charge >= 0.3 is 12.2 Å². The van der Waals surface area contributed by atoms with Crippen LogP contribution in [-0.2, 0) is 44.8 Å². The molecule has 5 fully saturated rings. The fourth-order valence-electron chi connectivity index (χ4n) is 17.9. The van der Waals surface area contributed by atoms with E-state index in [1.807, 2.05) is 67.5 Å². The largest absolute Gasteiger partial charge is 0.444 e. The number of amides is 2. The number of nitrogens with two attached hydrogens (primary N) is 1. The number of piperidine rings is 3. The monoisotopic (exact) mass is 1510 g/mol. The van der Waals surface area contributed by atoms with E-state index in [0.29, 0.717) is 58.1 Å². The molecule has 27 heteroatoms. The van der Waals surface area contributed by atoms with Crippen molar-refractivity contribution in [3.8, 4) is 18.2 Å². The lowest BCUT2D eigenvalue weighted by molar-refractivity contribution is -0.0371. The summed E-state index contributed by atoms with van der Waals surface area (Å²) in [5, 5.41) is 44.1. The van der Waals surface area contributed by atoms with Crippen LogP contribution in [0.5, 0.6) is 0 Å². The van der Waals surface area contributed by atoms with Gasteiger partial charge < -0.3 is 50.0 Å². The van der Waals surface area contributed by atoms with E-state index < -0.39 is 11.2 Å². The van der Waals surface area contributed by atoms with Crippen LogP contribution in [0.1, 0.15) is 217 Å². The second-order valence-electron chi connectivity index (χ2n) is 32.3. The highest BCUT2D eigenvalue weighted by Crippen LogP contribution is 2.55. The van der Waals surface area contributed by atoms with Gasteiger partial charge in [-0.3, -0.25) is 4.99 Å². The van der Waals surface area contributed by atoms with Crippen LogP contribution in [0.4, 0.5) is 27.0 Å². The number of hydrogen-bond acceptors (Lipinski definition) is 22. The maximum atomic E-state index is 12.9. The maximum Gasteiger partial charge on any atom is 0.408 e. The van der Waals surface area contributed by atoms with Crippen LogP contribution in [0.3, 0.4) is 0 Å². The Kier molecular flexibility index (Phi) is 19.8. The van der Waals surface area contributed by atoms with E-state index >= 15 is 0 Å². The molecule has 3 spiro atoms. The lowest BCUT2D eigenvalue weighted by Crippen LogP contribution is -2.48. The van der Waals surface area contributed by atoms with E-state index in [4.69, 9.17) is 54.9 Å². The molecule has 5 aromatic heterocycles. The van der Waals surface area contributed by atoms with E-state index in [1.165, 1.54) is 33.4 Å². The number of benzene rings is 3. The Morgan fingerprint density at radius 2 is 0.972 bits per heavy atom. The lowest BCUT2D eigenvalue weighted by atomic mass is 9.72. The van der Waals surface area contributed by atoms with Crippen molar-refractivity contribution in [2.45, 2.75) is 200 Å². The van der Waals surface area contributed by atoms with Crippen LogP contribution in [0, 0.1) is 64.1 Å². The van der Waals surface area contributed by atoms with E-state index in [9.17, 15) is 20.1 Å². The van der Waals surface area contributed by atoms with Gasteiger partial charge in [0.25, 0.3) is 0 Å². The number of anilines is 3. The van der Waals surface area contributed by atoms with Crippen molar-refractivity contribution in [2.24, 2.45) is 27.0 Å². The number of aromatic nitrogens is 10. The van der Waals surface area contributed by atoms with Gasteiger partial charge in [-0.15, -0.1) is 0 Å². The summed E-state index contributed by atoms with van der Waals surface area (Å²) in [6, 6.07) is 31.7. The normalized spacial score (nSPS) is 22.3. The minimum atomic E-state index is -0.567. The Hall–Kier alpha value is -9.72. The molecule has 9 aliphatic rings. The van der Waals surface area contributed by atoms with Gasteiger partial charge in [0.1, 0.15) is 56.6 Å². The highest BCUT2D eigenvalue weighted by Gasteiger charge is 2.52. The first-order chi connectivity index (χ1) is 51.5. The van der Waals surface area contributed by atoms with Gasteiger partial charge in [-0.1, -0.05) is 72.8 Å². The number of hydrogen-bond donors (Lipinski definition) is 3. The Morgan fingerprint density at radius 1 is 0.551 bits per heavy atom. The summed E-state index contributed by atoms with van der Waals surface area (Å²) < 4.78 is 27.3. The number of carbonyl (C=O) groups is 2. The van der Waals surface area contributed by atoms with E-state index in [1.54, 1.807) is 9.36 Å². The number of carbonyl (C=O) groups excluding carboxylic acids is 2. The molecule has 26 nitrogen and oxygen atoms in total. The first-order valence-electron chi connectivity index (χ1n) is 37.8. The summed E-state index contributed by atoms with van der Waals surface area (Å²) in [5.41, 5.74) is 19.4. The van der Waals surface area contributed by atoms with Gasteiger partial charge in [0.15, 0.2) is 52.5 Å². The van der Waals surface area contributed by atoms with Gasteiger partial charge in [-0.05, 0) is 206 Å². The molecule has 107 heavy (non-hydrogen) atoms. The number of nitriles is 3. The Labute approximate surface area is 632 Å². The first-order valence-corrected chi connectivity index (χ1v) is 38.6. The van der Waals surface area contributed by atoms with Crippen molar-refractivity contribution in [3.63, 3.8) is 0 Å². The minimum Gasteiger partial charge on any atom is -0.444 e. The van der Waals surface area contributed by atoms with Crippen LogP contribution in [0.25, 0.3) is 22.3 Å². The number of nitrogens with zero attached hydrogens (tertiary/aromatic N) is 17. The Morgan fingerprint density at radius 3 is 1.43 bits per heavy atom. The van der Waals surface area contributed by atoms with Gasteiger partial charge in [0, 0.05) is 69.4 Å². The quantitative estimate of drug-likeness (QED) is 0.133. The molecule has 5 atom stereocenters. The molecular weight excluding hydrogens is 1420 g/mol. The molecule has 2 unspecified atom stereocenters. The topological polar surface area (TPSA) is 328 Å². The number of aliphatic imine (C=N–C) groups is 1. The van der Waals surface area contributed by atoms with Gasteiger partial charge in [-0.25, -0.2) is 48.9 Å². The average Bonchev–Trinajstić information content (AvgIpc) is 1.63. The predicted octanol–water partition coefficient (Wildman–Crippen LogP) is 13.1. The highest BCUT2D eigenvalue weighted by atomic mass is 79.9. The van der Waals surface area contributed by atoms with Gasteiger partial charge in [0.2, 0.25) is 0 Å². The smallest absolute Gasteiger partial charge is 0.408 e. The fourth-order valence-corrected chi connectivity index (χ4v) is 18.4. The summed E-state index contributed by atoms with van der Waals surface area (Å²) in [7, 11) is 0. The van der Waals surface area contributed by atoms with Crippen molar-refractivity contribution < 1.29 is 28.5 Å². The molecule has 5 saturated heterocycles. The summed E-state index contributed by atoms with van der Waals surface area (Å²) >= 11 is 3.63. The van der Waals surface area contributed by atoms with Crippen molar-refractivity contribution in [2.75, 3.05) is 67.2 Å². The number of nitrogens with one attached hydrogen (secondary N) is 2. The molecule has 6 aliphatic heterocycles. The van der Waals surface area contributed by atoms with E-state index in [0.717, 1.165) is 170 Å². The maximum absolute atomic E-state index is 12.9. The van der Waals surface area contributed by atoms with Crippen LogP contribution in [0.2, 0.25) is 0 Å². The highest BCUT2D eigenvalue weighted by molar-refractivity contribution is 9.10. The zero-order valence-corrected chi connectivity index (χ0v) is 63.9. The number of rotatable bonds is 7.